The lowest BCUT2D eigenvalue weighted by atomic mass is 10.1. The van der Waals surface area contributed by atoms with E-state index in [9.17, 15) is 18.4 Å². The number of alkyl halides is 2. The molecule has 0 aliphatic rings. The Bertz CT molecular complexity index is 802. The van der Waals surface area contributed by atoms with Gasteiger partial charge >= 0.3 is 0 Å². The van der Waals surface area contributed by atoms with Crippen LogP contribution in [0.4, 0.5) is 20.2 Å². The first kappa shape index (κ1) is 21.3. The van der Waals surface area contributed by atoms with Crippen LogP contribution in [0.25, 0.3) is 0 Å². The maximum atomic E-state index is 13.2. The van der Waals surface area contributed by atoms with E-state index in [-0.39, 0.29) is 17.4 Å². The molecule has 2 rings (SSSR count). The first-order chi connectivity index (χ1) is 13.3. The van der Waals surface area contributed by atoms with Gasteiger partial charge in [0.25, 0.3) is 11.8 Å². The molecule has 0 bridgehead atoms. The van der Waals surface area contributed by atoms with Crippen molar-refractivity contribution in [3.63, 3.8) is 0 Å². The van der Waals surface area contributed by atoms with E-state index in [1.165, 1.54) is 24.3 Å². The van der Waals surface area contributed by atoms with Gasteiger partial charge in [0.2, 0.25) is 5.91 Å². The third-order valence-corrected chi connectivity index (χ3v) is 4.26. The molecule has 0 saturated heterocycles. The molecule has 0 heterocycles. The average Bonchev–Trinajstić information content (AvgIpc) is 2.65. The topological polar surface area (TPSA) is 84.2 Å². The Morgan fingerprint density at radius 3 is 2.32 bits per heavy atom. The lowest BCUT2D eigenvalue weighted by Gasteiger charge is -2.11. The summed E-state index contributed by atoms with van der Waals surface area (Å²) in [5, 5.41) is 5.52. The maximum Gasteiger partial charge on any atom is 0.270 e. The van der Waals surface area contributed by atoms with Crippen molar-refractivity contribution in [2.45, 2.75) is 38.5 Å². The summed E-state index contributed by atoms with van der Waals surface area (Å²) < 4.78 is 26.3. The number of carbonyl (C=O) groups excluding carboxylic acids is 2. The van der Waals surface area contributed by atoms with E-state index < -0.39 is 5.92 Å². The van der Waals surface area contributed by atoms with E-state index in [1.807, 2.05) is 0 Å². The molecule has 0 aliphatic heterocycles. The van der Waals surface area contributed by atoms with E-state index in [0.29, 0.717) is 36.3 Å². The van der Waals surface area contributed by atoms with Crippen LogP contribution in [0.15, 0.2) is 48.5 Å². The Morgan fingerprint density at radius 2 is 1.68 bits per heavy atom. The summed E-state index contributed by atoms with van der Waals surface area (Å²) in [6.07, 6.45) is 2.56. The minimum absolute atomic E-state index is 0.102. The van der Waals surface area contributed by atoms with Crippen LogP contribution in [0.1, 0.15) is 48.5 Å². The van der Waals surface area contributed by atoms with Gasteiger partial charge in [0.05, 0.1) is 11.4 Å². The van der Waals surface area contributed by atoms with Gasteiger partial charge in [0.15, 0.2) is 0 Å². The van der Waals surface area contributed by atoms with Crippen LogP contribution in [0.3, 0.4) is 0 Å². The lowest BCUT2D eigenvalue weighted by Crippen LogP contribution is -2.24. The third-order valence-electron chi connectivity index (χ3n) is 4.26. The standard InChI is InChI=1S/C21H25F2N3O2/c1-21(22,23)16-12-10-15(11-13-16)20(28)25-14-6-2-3-9-19(27)26-18-8-5-4-7-17(18)24/h4-5,7-8,10-13H,2-3,6,9,14,24H2,1H3,(H,25,28)(H,26,27). The zero-order valence-electron chi connectivity index (χ0n) is 15.8. The van der Waals surface area contributed by atoms with Gasteiger partial charge in [-0.05, 0) is 37.1 Å². The summed E-state index contributed by atoms with van der Waals surface area (Å²) in [6.45, 7) is 1.27. The lowest BCUT2D eigenvalue weighted by molar-refractivity contribution is -0.116. The summed E-state index contributed by atoms with van der Waals surface area (Å²) in [6, 6.07) is 12.4. The van der Waals surface area contributed by atoms with Crippen molar-refractivity contribution in [3.05, 3.63) is 59.7 Å². The summed E-state index contributed by atoms with van der Waals surface area (Å²) in [5.74, 6) is -3.33. The number of para-hydroxylation sites is 2. The fourth-order valence-electron chi connectivity index (χ4n) is 2.63. The number of benzene rings is 2. The van der Waals surface area contributed by atoms with Crippen LogP contribution in [-0.4, -0.2) is 18.4 Å². The fraction of sp³-hybridized carbons (Fsp3) is 0.333. The molecule has 0 aliphatic carbocycles. The second-order valence-corrected chi connectivity index (χ2v) is 6.67. The molecular formula is C21H25F2N3O2. The number of halogens is 2. The molecule has 2 amide bonds. The number of nitrogen functional groups attached to an aromatic ring is 1. The summed E-state index contributed by atoms with van der Waals surface area (Å²) in [5.41, 5.74) is 7.12. The minimum atomic E-state index is -2.92. The smallest absolute Gasteiger partial charge is 0.270 e. The van der Waals surface area contributed by atoms with Crippen molar-refractivity contribution >= 4 is 23.2 Å². The van der Waals surface area contributed by atoms with E-state index in [0.717, 1.165) is 19.8 Å². The number of carbonyl (C=O) groups is 2. The molecule has 0 radical (unpaired) electrons. The third kappa shape index (κ3) is 6.64. The maximum absolute atomic E-state index is 13.2. The predicted octanol–water partition coefficient (Wildman–Crippen LogP) is 4.31. The summed E-state index contributed by atoms with van der Waals surface area (Å²) >= 11 is 0. The number of hydrogen-bond acceptors (Lipinski definition) is 3. The molecule has 4 N–H and O–H groups in total. The van der Waals surface area contributed by atoms with Crippen molar-refractivity contribution in [1.29, 1.82) is 0 Å². The average molecular weight is 389 g/mol. The largest absolute Gasteiger partial charge is 0.397 e. The second-order valence-electron chi connectivity index (χ2n) is 6.67. The number of rotatable bonds is 9. The van der Waals surface area contributed by atoms with Crippen molar-refractivity contribution in [2.24, 2.45) is 0 Å². The van der Waals surface area contributed by atoms with Gasteiger partial charge in [0, 0.05) is 31.0 Å². The molecule has 0 spiro atoms. The Hall–Kier alpha value is -2.96. The molecule has 2 aromatic rings. The fourth-order valence-corrected chi connectivity index (χ4v) is 2.63. The SMILES string of the molecule is CC(F)(F)c1ccc(C(=O)NCCCCCC(=O)Nc2ccccc2N)cc1. The van der Waals surface area contributed by atoms with E-state index in [1.54, 1.807) is 24.3 Å². The van der Waals surface area contributed by atoms with Gasteiger partial charge in [0.1, 0.15) is 0 Å². The normalized spacial score (nSPS) is 11.1. The molecule has 2 aromatic carbocycles. The number of amides is 2. The van der Waals surface area contributed by atoms with Gasteiger partial charge in [-0.1, -0.05) is 30.7 Å². The molecule has 0 unspecified atom stereocenters. The van der Waals surface area contributed by atoms with Crippen molar-refractivity contribution in [1.82, 2.24) is 5.32 Å². The van der Waals surface area contributed by atoms with Crippen molar-refractivity contribution in [2.75, 3.05) is 17.6 Å². The summed E-state index contributed by atoms with van der Waals surface area (Å²) in [7, 11) is 0. The van der Waals surface area contributed by atoms with Gasteiger partial charge in [-0.25, -0.2) is 8.78 Å². The highest BCUT2D eigenvalue weighted by atomic mass is 19.3. The van der Waals surface area contributed by atoms with Crippen LogP contribution in [0.5, 0.6) is 0 Å². The molecule has 28 heavy (non-hydrogen) atoms. The molecule has 0 saturated carbocycles. The first-order valence-corrected chi connectivity index (χ1v) is 9.18. The molecule has 7 heteroatoms. The van der Waals surface area contributed by atoms with Crippen LogP contribution < -0.4 is 16.4 Å². The molecule has 0 aromatic heterocycles. The van der Waals surface area contributed by atoms with Gasteiger partial charge in [-0.15, -0.1) is 0 Å². The van der Waals surface area contributed by atoms with E-state index in [2.05, 4.69) is 10.6 Å². The molecular weight excluding hydrogens is 364 g/mol. The van der Waals surface area contributed by atoms with E-state index >= 15 is 0 Å². The van der Waals surface area contributed by atoms with Crippen LogP contribution in [0.2, 0.25) is 0 Å². The summed E-state index contributed by atoms with van der Waals surface area (Å²) in [4.78, 5) is 23.9. The van der Waals surface area contributed by atoms with Crippen LogP contribution in [-0.2, 0) is 10.7 Å². The van der Waals surface area contributed by atoms with Crippen molar-refractivity contribution < 1.29 is 18.4 Å². The quantitative estimate of drug-likeness (QED) is 0.441. The van der Waals surface area contributed by atoms with Crippen molar-refractivity contribution in [3.8, 4) is 0 Å². The zero-order chi connectivity index (χ0) is 20.6. The van der Waals surface area contributed by atoms with Crippen LogP contribution in [0, 0.1) is 0 Å². The molecule has 5 nitrogen and oxygen atoms in total. The Labute approximate surface area is 163 Å². The number of nitrogens with two attached hydrogens (primary N) is 1. The number of anilines is 2. The van der Waals surface area contributed by atoms with Gasteiger partial charge < -0.3 is 16.4 Å². The Morgan fingerprint density at radius 1 is 1.00 bits per heavy atom. The number of nitrogens with one attached hydrogen (secondary N) is 2. The minimum Gasteiger partial charge on any atom is -0.397 e. The monoisotopic (exact) mass is 389 g/mol. The number of unbranched alkanes of at least 4 members (excludes halogenated alkanes) is 2. The van der Waals surface area contributed by atoms with Gasteiger partial charge in [-0.2, -0.15) is 0 Å². The Balaban J connectivity index is 1.63. The Kier molecular flexibility index (Phi) is 7.49. The van der Waals surface area contributed by atoms with E-state index in [4.69, 9.17) is 5.73 Å². The molecule has 150 valence electrons. The zero-order valence-corrected chi connectivity index (χ0v) is 15.8. The highest BCUT2D eigenvalue weighted by Crippen LogP contribution is 2.26. The highest BCUT2D eigenvalue weighted by molar-refractivity contribution is 5.94. The molecule has 0 atom stereocenters. The predicted molar refractivity (Wildman–Crippen MR) is 106 cm³/mol. The first-order valence-electron chi connectivity index (χ1n) is 9.18. The molecule has 0 fully saturated rings. The number of hydrogen-bond donors (Lipinski definition) is 3. The van der Waals surface area contributed by atoms with Crippen LogP contribution >= 0.6 is 0 Å². The van der Waals surface area contributed by atoms with Gasteiger partial charge in [-0.3, -0.25) is 9.59 Å². The highest BCUT2D eigenvalue weighted by Gasteiger charge is 2.24. The second kappa shape index (κ2) is 9.82.